The largest absolute Gasteiger partial charge is 0.381 e. The van der Waals surface area contributed by atoms with Crippen molar-refractivity contribution in [3.63, 3.8) is 0 Å². The lowest BCUT2D eigenvalue weighted by atomic mass is 9.89. The van der Waals surface area contributed by atoms with Gasteiger partial charge in [0.15, 0.2) is 0 Å². The fraction of sp³-hybridized carbons (Fsp3) is 1.00. The summed E-state index contributed by atoms with van der Waals surface area (Å²) in [6.45, 7) is 31.7. The van der Waals surface area contributed by atoms with Crippen molar-refractivity contribution in [2.45, 2.75) is 125 Å². The van der Waals surface area contributed by atoms with Crippen LogP contribution in [-0.2, 0) is 9.47 Å². The van der Waals surface area contributed by atoms with E-state index in [9.17, 15) is 0 Å². The van der Waals surface area contributed by atoms with Gasteiger partial charge in [0.05, 0.1) is 12.2 Å². The van der Waals surface area contributed by atoms with Crippen LogP contribution in [0.1, 0.15) is 114 Å². The minimum atomic E-state index is -0.0319. The van der Waals surface area contributed by atoms with Gasteiger partial charge in [-0.3, -0.25) is 4.90 Å². The fourth-order valence-electron chi connectivity index (χ4n) is 4.44. The van der Waals surface area contributed by atoms with Gasteiger partial charge in [-0.1, -0.05) is 48.0 Å². The zero-order valence-electron chi connectivity index (χ0n) is 24.3. The predicted molar refractivity (Wildman–Crippen MR) is 144 cm³/mol. The van der Waals surface area contributed by atoms with E-state index in [2.05, 4.69) is 79.0 Å². The van der Waals surface area contributed by atoms with E-state index in [0.29, 0.717) is 5.41 Å². The van der Waals surface area contributed by atoms with Gasteiger partial charge in [0, 0.05) is 44.9 Å². The summed E-state index contributed by atoms with van der Waals surface area (Å²) in [5.41, 5.74) is 0.913. The highest BCUT2D eigenvalue weighted by Gasteiger charge is 2.32. The van der Waals surface area contributed by atoms with Crippen LogP contribution >= 0.6 is 0 Å². The number of piperazine rings is 1. The lowest BCUT2D eigenvalue weighted by Crippen LogP contribution is -2.55. The molecule has 1 rings (SSSR count). The molecular formula is C29H60N2O2. The standard InChI is InChI=1S/C29H60N2O2/c1-26(2,3)15-11-13-24-33-29(9,10)17-16-28(7,8)31-21-19-30(20-22-31)18-12-14-23-32-25-27(4,5)6/h11-25H2,1-10H3. The van der Waals surface area contributed by atoms with Crippen LogP contribution in [0.2, 0.25) is 0 Å². The van der Waals surface area contributed by atoms with Gasteiger partial charge in [-0.15, -0.1) is 0 Å². The Morgan fingerprint density at radius 2 is 1.21 bits per heavy atom. The third kappa shape index (κ3) is 15.4. The van der Waals surface area contributed by atoms with Gasteiger partial charge < -0.3 is 14.4 Å². The molecule has 4 nitrogen and oxygen atoms in total. The number of hydrogen-bond acceptors (Lipinski definition) is 4. The quantitative estimate of drug-likeness (QED) is 0.241. The Hall–Kier alpha value is -0.160. The van der Waals surface area contributed by atoms with Gasteiger partial charge in [0.1, 0.15) is 0 Å². The van der Waals surface area contributed by atoms with Crippen molar-refractivity contribution in [3.8, 4) is 0 Å². The Morgan fingerprint density at radius 3 is 1.79 bits per heavy atom. The second-order valence-corrected chi connectivity index (χ2v) is 14.1. The molecule has 0 amide bonds. The molecule has 1 saturated heterocycles. The number of nitrogens with zero attached hydrogens (tertiary/aromatic N) is 2. The lowest BCUT2D eigenvalue weighted by Gasteiger charge is -2.45. The van der Waals surface area contributed by atoms with Crippen molar-refractivity contribution in [3.05, 3.63) is 0 Å². The van der Waals surface area contributed by atoms with E-state index in [4.69, 9.17) is 9.47 Å². The summed E-state index contributed by atoms with van der Waals surface area (Å²) >= 11 is 0. The molecule has 0 N–H and O–H groups in total. The fourth-order valence-corrected chi connectivity index (χ4v) is 4.44. The van der Waals surface area contributed by atoms with E-state index in [0.717, 1.165) is 26.2 Å². The summed E-state index contributed by atoms with van der Waals surface area (Å²) in [6.07, 6.45) is 8.44. The van der Waals surface area contributed by atoms with Crippen LogP contribution in [0.4, 0.5) is 0 Å². The zero-order valence-corrected chi connectivity index (χ0v) is 24.3. The maximum atomic E-state index is 6.30. The Balaban J connectivity index is 2.21. The summed E-state index contributed by atoms with van der Waals surface area (Å²) < 4.78 is 12.1. The van der Waals surface area contributed by atoms with Crippen molar-refractivity contribution in [2.24, 2.45) is 10.8 Å². The van der Waals surface area contributed by atoms with Crippen LogP contribution in [0.25, 0.3) is 0 Å². The van der Waals surface area contributed by atoms with Crippen LogP contribution < -0.4 is 0 Å². The second-order valence-electron chi connectivity index (χ2n) is 14.1. The van der Waals surface area contributed by atoms with Crippen molar-refractivity contribution in [1.82, 2.24) is 9.80 Å². The number of rotatable bonds is 15. The van der Waals surface area contributed by atoms with Gasteiger partial charge in [0.25, 0.3) is 0 Å². The first-order valence-corrected chi connectivity index (χ1v) is 13.8. The van der Waals surface area contributed by atoms with Crippen LogP contribution in [0.15, 0.2) is 0 Å². The molecule has 1 aliphatic heterocycles. The predicted octanol–water partition coefficient (Wildman–Crippen LogP) is 7.02. The second kappa shape index (κ2) is 13.8. The monoisotopic (exact) mass is 468 g/mol. The molecule has 0 aromatic carbocycles. The van der Waals surface area contributed by atoms with Crippen molar-refractivity contribution < 1.29 is 9.47 Å². The molecule has 1 fully saturated rings. The SMILES string of the molecule is CC(C)(C)CCCCOC(C)(C)CCC(C)(C)N1CCN(CCCCOCC(C)(C)C)CC1. The maximum Gasteiger partial charge on any atom is 0.0627 e. The summed E-state index contributed by atoms with van der Waals surface area (Å²) in [4.78, 5) is 5.34. The van der Waals surface area contributed by atoms with E-state index in [1.54, 1.807) is 0 Å². The average molecular weight is 469 g/mol. The minimum absolute atomic E-state index is 0.0319. The van der Waals surface area contributed by atoms with E-state index < -0.39 is 0 Å². The molecular weight excluding hydrogens is 408 g/mol. The third-order valence-electron chi connectivity index (χ3n) is 6.93. The van der Waals surface area contributed by atoms with Crippen molar-refractivity contribution in [2.75, 3.05) is 52.5 Å². The van der Waals surface area contributed by atoms with E-state index in [1.807, 2.05) is 0 Å². The van der Waals surface area contributed by atoms with Crippen LogP contribution in [0.5, 0.6) is 0 Å². The number of hydrogen-bond donors (Lipinski definition) is 0. The normalized spacial score (nSPS) is 17.6. The molecule has 1 aliphatic rings. The van der Waals surface area contributed by atoms with Crippen LogP contribution in [0.3, 0.4) is 0 Å². The first-order chi connectivity index (χ1) is 15.1. The Kier molecular flexibility index (Phi) is 12.9. The van der Waals surface area contributed by atoms with Gasteiger partial charge in [-0.25, -0.2) is 0 Å². The molecule has 33 heavy (non-hydrogen) atoms. The van der Waals surface area contributed by atoms with E-state index in [1.165, 1.54) is 71.2 Å². The van der Waals surface area contributed by atoms with Gasteiger partial charge in [-0.05, 0) is 83.6 Å². The average Bonchev–Trinajstić information content (AvgIpc) is 2.68. The summed E-state index contributed by atoms with van der Waals surface area (Å²) in [5, 5.41) is 0. The molecule has 0 unspecified atom stereocenters. The van der Waals surface area contributed by atoms with E-state index >= 15 is 0 Å². The molecule has 0 spiro atoms. The molecule has 0 aromatic rings. The summed E-state index contributed by atoms with van der Waals surface area (Å²) in [5.74, 6) is 0. The van der Waals surface area contributed by atoms with Crippen LogP contribution in [-0.4, -0.2) is 73.5 Å². The van der Waals surface area contributed by atoms with Gasteiger partial charge >= 0.3 is 0 Å². The molecule has 1 heterocycles. The first kappa shape index (κ1) is 30.9. The highest BCUT2D eigenvalue weighted by molar-refractivity contribution is 4.88. The highest BCUT2D eigenvalue weighted by Crippen LogP contribution is 2.28. The number of ether oxygens (including phenoxy) is 2. The molecule has 0 atom stereocenters. The molecule has 198 valence electrons. The summed E-state index contributed by atoms with van der Waals surface area (Å²) in [7, 11) is 0. The van der Waals surface area contributed by atoms with Crippen molar-refractivity contribution in [1.29, 1.82) is 0 Å². The topological polar surface area (TPSA) is 24.9 Å². The first-order valence-electron chi connectivity index (χ1n) is 13.8. The third-order valence-corrected chi connectivity index (χ3v) is 6.93. The Labute approximate surface area is 208 Å². The molecule has 0 bridgehead atoms. The number of unbranched alkanes of at least 4 members (excludes halogenated alkanes) is 2. The summed E-state index contributed by atoms with van der Waals surface area (Å²) in [6, 6.07) is 0. The minimum Gasteiger partial charge on any atom is -0.381 e. The lowest BCUT2D eigenvalue weighted by molar-refractivity contribution is -0.0401. The molecule has 0 aliphatic carbocycles. The van der Waals surface area contributed by atoms with Crippen LogP contribution in [0, 0.1) is 10.8 Å². The maximum absolute atomic E-state index is 6.30. The van der Waals surface area contributed by atoms with Gasteiger partial charge in [0.2, 0.25) is 0 Å². The highest BCUT2D eigenvalue weighted by atomic mass is 16.5. The molecule has 0 aromatic heterocycles. The zero-order chi connectivity index (χ0) is 25.2. The smallest absolute Gasteiger partial charge is 0.0627 e. The molecule has 0 saturated carbocycles. The van der Waals surface area contributed by atoms with E-state index in [-0.39, 0.29) is 16.6 Å². The molecule has 4 heteroatoms. The Morgan fingerprint density at radius 1 is 0.606 bits per heavy atom. The van der Waals surface area contributed by atoms with Gasteiger partial charge in [-0.2, -0.15) is 0 Å². The molecule has 0 radical (unpaired) electrons. The van der Waals surface area contributed by atoms with Crippen molar-refractivity contribution >= 4 is 0 Å². The Bertz CT molecular complexity index is 509.